The second kappa shape index (κ2) is 5.87. The topological polar surface area (TPSA) is 102 Å². The van der Waals surface area contributed by atoms with Crippen molar-refractivity contribution >= 4 is 6.03 Å². The van der Waals surface area contributed by atoms with E-state index in [1.165, 1.54) is 5.32 Å². The molecule has 9 heteroatoms. The molecule has 0 aromatic rings. The first-order chi connectivity index (χ1) is 7.28. The van der Waals surface area contributed by atoms with Gasteiger partial charge in [-0.15, -0.1) is 0 Å². The average Bonchev–Trinajstić information content (AvgIpc) is 2.22. The predicted molar refractivity (Wildman–Crippen MR) is 46.6 cm³/mol. The van der Waals surface area contributed by atoms with Crippen LogP contribution in [0.15, 0.2) is 0 Å². The number of amides is 2. The Bertz CT molecular complexity index is 222. The summed E-state index contributed by atoms with van der Waals surface area (Å²) in [6.45, 7) is -3.96. The fraction of sp³-hybridized carbons (Fsp3) is 0.857. The maximum absolute atomic E-state index is 11.7. The van der Waals surface area contributed by atoms with Crippen LogP contribution in [0.4, 0.5) is 18.0 Å². The second-order valence-corrected chi connectivity index (χ2v) is 3.18. The van der Waals surface area contributed by atoms with Gasteiger partial charge in [-0.05, 0) is 0 Å². The highest BCUT2D eigenvalue weighted by Crippen LogP contribution is 2.12. The monoisotopic (exact) mass is 246 g/mol. The molecular formula is C7H13F3N2O4. The summed E-state index contributed by atoms with van der Waals surface area (Å²) in [4.78, 5) is 10.9. The van der Waals surface area contributed by atoms with Crippen molar-refractivity contribution < 1.29 is 33.3 Å². The van der Waals surface area contributed by atoms with Gasteiger partial charge in [-0.2, -0.15) is 13.2 Å². The molecule has 0 bridgehead atoms. The molecule has 0 heterocycles. The van der Waals surface area contributed by atoms with Crippen LogP contribution in [-0.4, -0.2) is 59.4 Å². The zero-order valence-electron chi connectivity index (χ0n) is 8.21. The number of aliphatic hydroxyl groups is 3. The average molecular weight is 246 g/mol. The number of carbonyl (C=O) groups is 1. The molecule has 0 aliphatic rings. The third-order valence-electron chi connectivity index (χ3n) is 1.74. The van der Waals surface area contributed by atoms with E-state index in [1.54, 1.807) is 0 Å². The Labute approximate surface area is 89.1 Å². The van der Waals surface area contributed by atoms with Gasteiger partial charge < -0.3 is 26.0 Å². The van der Waals surface area contributed by atoms with Crippen LogP contribution in [0.1, 0.15) is 0 Å². The third-order valence-corrected chi connectivity index (χ3v) is 1.74. The molecule has 0 atom stereocenters. The SMILES string of the molecule is O=C(NCC(F)(F)F)NC(CO)(CO)CO. The summed E-state index contributed by atoms with van der Waals surface area (Å²) in [5.41, 5.74) is -1.74. The van der Waals surface area contributed by atoms with Crippen LogP contribution in [0.25, 0.3) is 0 Å². The first kappa shape index (κ1) is 14.9. The summed E-state index contributed by atoms with van der Waals surface area (Å²) >= 11 is 0. The zero-order chi connectivity index (χ0) is 12.8. The molecule has 6 nitrogen and oxygen atoms in total. The summed E-state index contributed by atoms with van der Waals surface area (Å²) in [6.07, 6.45) is -4.56. The standard InChI is InChI=1S/C7H13F3N2O4/c8-7(9,10)1-11-5(16)12-6(2-13,3-14)4-15/h13-15H,1-4H2,(H2,11,12,16). The van der Waals surface area contributed by atoms with Crippen LogP contribution in [-0.2, 0) is 0 Å². The largest absolute Gasteiger partial charge is 0.405 e. The van der Waals surface area contributed by atoms with E-state index in [4.69, 9.17) is 15.3 Å². The Morgan fingerprint density at radius 1 is 1.06 bits per heavy atom. The molecule has 0 unspecified atom stereocenters. The fourth-order valence-corrected chi connectivity index (χ4v) is 0.734. The van der Waals surface area contributed by atoms with Gasteiger partial charge in [0.05, 0.1) is 19.8 Å². The van der Waals surface area contributed by atoms with E-state index in [-0.39, 0.29) is 0 Å². The van der Waals surface area contributed by atoms with E-state index in [9.17, 15) is 18.0 Å². The number of nitrogens with one attached hydrogen (secondary N) is 2. The van der Waals surface area contributed by atoms with Gasteiger partial charge in [-0.3, -0.25) is 0 Å². The maximum atomic E-state index is 11.7. The Morgan fingerprint density at radius 3 is 1.81 bits per heavy atom. The molecule has 16 heavy (non-hydrogen) atoms. The van der Waals surface area contributed by atoms with E-state index >= 15 is 0 Å². The lowest BCUT2D eigenvalue weighted by Gasteiger charge is -2.28. The van der Waals surface area contributed by atoms with Gasteiger partial charge in [0, 0.05) is 0 Å². The molecule has 0 aromatic carbocycles. The van der Waals surface area contributed by atoms with Crippen LogP contribution in [0.5, 0.6) is 0 Å². The maximum Gasteiger partial charge on any atom is 0.405 e. The summed E-state index contributed by atoms with van der Waals surface area (Å²) in [6, 6.07) is -1.24. The molecule has 96 valence electrons. The van der Waals surface area contributed by atoms with E-state index < -0.39 is 44.1 Å². The van der Waals surface area contributed by atoms with Gasteiger partial charge in [0.2, 0.25) is 0 Å². The molecule has 0 rings (SSSR count). The zero-order valence-corrected chi connectivity index (χ0v) is 8.21. The number of hydrogen-bond acceptors (Lipinski definition) is 4. The molecule has 0 radical (unpaired) electrons. The Balaban J connectivity index is 4.21. The van der Waals surface area contributed by atoms with Gasteiger partial charge in [-0.25, -0.2) is 4.79 Å². The minimum Gasteiger partial charge on any atom is -0.394 e. The molecule has 0 saturated carbocycles. The lowest BCUT2D eigenvalue weighted by Crippen LogP contribution is -2.60. The van der Waals surface area contributed by atoms with Crippen molar-refractivity contribution in [3.05, 3.63) is 0 Å². The highest BCUT2D eigenvalue weighted by Gasteiger charge is 2.32. The van der Waals surface area contributed by atoms with Gasteiger partial charge in [0.25, 0.3) is 0 Å². The van der Waals surface area contributed by atoms with Crippen molar-refractivity contribution in [2.45, 2.75) is 11.7 Å². The van der Waals surface area contributed by atoms with Crippen LogP contribution in [0, 0.1) is 0 Å². The highest BCUT2D eigenvalue weighted by atomic mass is 19.4. The lowest BCUT2D eigenvalue weighted by molar-refractivity contribution is -0.122. The Hall–Kier alpha value is -1.06. The van der Waals surface area contributed by atoms with Crippen molar-refractivity contribution in [2.75, 3.05) is 26.4 Å². The van der Waals surface area contributed by atoms with Gasteiger partial charge in [0.1, 0.15) is 12.1 Å². The number of aliphatic hydroxyl groups excluding tert-OH is 3. The van der Waals surface area contributed by atoms with E-state index in [1.807, 2.05) is 5.32 Å². The number of rotatable bonds is 5. The Morgan fingerprint density at radius 2 is 1.50 bits per heavy atom. The normalized spacial score (nSPS) is 12.4. The molecule has 2 amide bonds. The second-order valence-electron chi connectivity index (χ2n) is 3.18. The van der Waals surface area contributed by atoms with Gasteiger partial charge in [-0.1, -0.05) is 0 Å². The molecule has 0 aromatic heterocycles. The summed E-state index contributed by atoms with van der Waals surface area (Å²) in [5, 5.41) is 29.6. The first-order valence-corrected chi connectivity index (χ1v) is 4.24. The molecular weight excluding hydrogens is 233 g/mol. The fourth-order valence-electron chi connectivity index (χ4n) is 0.734. The van der Waals surface area contributed by atoms with Crippen molar-refractivity contribution in [1.29, 1.82) is 0 Å². The van der Waals surface area contributed by atoms with Crippen molar-refractivity contribution in [1.82, 2.24) is 10.6 Å². The first-order valence-electron chi connectivity index (χ1n) is 4.24. The summed E-state index contributed by atoms with van der Waals surface area (Å²) in [5.74, 6) is 0. The van der Waals surface area contributed by atoms with Gasteiger partial charge in [0.15, 0.2) is 0 Å². The third kappa shape index (κ3) is 5.14. The minimum absolute atomic E-state index is 0.806. The van der Waals surface area contributed by atoms with Gasteiger partial charge >= 0.3 is 12.2 Å². The number of urea groups is 1. The molecule has 0 fully saturated rings. The highest BCUT2D eigenvalue weighted by molar-refractivity contribution is 5.74. The van der Waals surface area contributed by atoms with Crippen LogP contribution in [0.3, 0.4) is 0 Å². The minimum atomic E-state index is -4.56. The van der Waals surface area contributed by atoms with Crippen LogP contribution < -0.4 is 10.6 Å². The molecule has 5 N–H and O–H groups in total. The quantitative estimate of drug-likeness (QED) is 0.410. The van der Waals surface area contributed by atoms with E-state index in [2.05, 4.69) is 0 Å². The lowest BCUT2D eigenvalue weighted by atomic mass is 10.0. The van der Waals surface area contributed by atoms with Crippen LogP contribution >= 0.6 is 0 Å². The van der Waals surface area contributed by atoms with Crippen molar-refractivity contribution in [3.8, 4) is 0 Å². The van der Waals surface area contributed by atoms with E-state index in [0.29, 0.717) is 0 Å². The number of halogens is 3. The van der Waals surface area contributed by atoms with Crippen molar-refractivity contribution in [3.63, 3.8) is 0 Å². The molecule has 0 aliphatic heterocycles. The number of alkyl halides is 3. The molecule has 0 saturated heterocycles. The molecule has 0 aliphatic carbocycles. The predicted octanol–water partition coefficient (Wildman–Crippen LogP) is -1.44. The Kier molecular flexibility index (Phi) is 5.48. The smallest absolute Gasteiger partial charge is 0.394 e. The van der Waals surface area contributed by atoms with E-state index in [0.717, 1.165) is 0 Å². The van der Waals surface area contributed by atoms with Crippen molar-refractivity contribution in [2.24, 2.45) is 0 Å². The summed E-state index contributed by atoms with van der Waals surface area (Å²) in [7, 11) is 0. The van der Waals surface area contributed by atoms with Crippen LogP contribution in [0.2, 0.25) is 0 Å². The number of carbonyl (C=O) groups excluding carboxylic acids is 1. The molecule has 0 spiro atoms. The number of hydrogen-bond donors (Lipinski definition) is 5. The summed E-state index contributed by atoms with van der Waals surface area (Å²) < 4.78 is 35.1.